The molecule has 0 spiro atoms. The summed E-state index contributed by atoms with van der Waals surface area (Å²) in [7, 11) is 0. The van der Waals surface area contributed by atoms with Gasteiger partial charge in [0.05, 0.1) is 18.3 Å². The molecule has 4 rings (SSSR count). The van der Waals surface area contributed by atoms with Crippen LogP contribution < -0.4 is 0 Å². The third-order valence-electron chi connectivity index (χ3n) is 3.81. The summed E-state index contributed by atoms with van der Waals surface area (Å²) in [5.74, 6) is 0. The molecule has 0 saturated heterocycles. The van der Waals surface area contributed by atoms with Crippen LogP contribution in [0.25, 0.3) is 15.8 Å². The molecule has 0 saturated carbocycles. The Morgan fingerprint density at radius 3 is 3.05 bits per heavy atom. The van der Waals surface area contributed by atoms with Crippen molar-refractivity contribution in [3.05, 3.63) is 39.6 Å². The maximum atomic E-state index is 10.2. The highest BCUT2D eigenvalue weighted by molar-refractivity contribution is 8.17. The van der Waals surface area contributed by atoms with E-state index in [9.17, 15) is 5.11 Å². The SMILES string of the molecule is Cc1cc2cccc(C3=C(C(C)O)SC4=NCCN43)c2s1. The van der Waals surface area contributed by atoms with E-state index < -0.39 is 6.10 Å². The zero-order valence-electron chi connectivity index (χ0n) is 12.0. The Morgan fingerprint density at radius 1 is 1.38 bits per heavy atom. The van der Waals surface area contributed by atoms with Gasteiger partial charge in [-0.3, -0.25) is 4.99 Å². The number of hydrogen-bond acceptors (Lipinski definition) is 5. The number of nitrogens with zero attached hydrogens (tertiary/aromatic N) is 2. The molecule has 1 unspecified atom stereocenters. The van der Waals surface area contributed by atoms with Crippen molar-refractivity contribution in [2.75, 3.05) is 13.1 Å². The summed E-state index contributed by atoms with van der Waals surface area (Å²) in [5.41, 5.74) is 2.37. The fraction of sp³-hybridized carbons (Fsp3) is 0.312. The van der Waals surface area contributed by atoms with Crippen LogP contribution in [0.3, 0.4) is 0 Å². The average Bonchev–Trinajstić information content (AvgIpc) is 3.08. The number of rotatable bonds is 2. The van der Waals surface area contributed by atoms with E-state index in [1.165, 1.54) is 20.5 Å². The third kappa shape index (κ3) is 2.03. The molecule has 0 amide bonds. The monoisotopic (exact) mass is 316 g/mol. The molecular formula is C16H16N2OS2. The fourth-order valence-corrected chi connectivity index (χ4v) is 5.10. The zero-order chi connectivity index (χ0) is 14.6. The highest BCUT2D eigenvalue weighted by Gasteiger charge is 2.35. The normalized spacial score (nSPS) is 19.4. The molecule has 0 aliphatic carbocycles. The number of amidine groups is 1. The summed E-state index contributed by atoms with van der Waals surface area (Å²) in [6.07, 6.45) is -0.463. The van der Waals surface area contributed by atoms with E-state index in [0.717, 1.165) is 28.9 Å². The molecular weight excluding hydrogens is 300 g/mol. The van der Waals surface area contributed by atoms with Crippen LogP contribution in [0.2, 0.25) is 0 Å². The van der Waals surface area contributed by atoms with Crippen LogP contribution in [0.5, 0.6) is 0 Å². The van der Waals surface area contributed by atoms with Crippen molar-refractivity contribution in [2.24, 2.45) is 4.99 Å². The molecule has 1 atom stereocenters. The lowest BCUT2D eigenvalue weighted by atomic mass is 10.1. The van der Waals surface area contributed by atoms with Crippen molar-refractivity contribution < 1.29 is 5.11 Å². The molecule has 1 aromatic heterocycles. The molecule has 1 N–H and O–H groups in total. The van der Waals surface area contributed by atoms with Crippen LogP contribution in [0.1, 0.15) is 17.4 Å². The third-order valence-corrected chi connectivity index (χ3v) is 6.19. The minimum absolute atomic E-state index is 0.463. The first kappa shape index (κ1) is 13.4. The lowest BCUT2D eigenvalue weighted by Gasteiger charge is -2.18. The number of aryl methyl sites for hydroxylation is 1. The standard InChI is InChI=1S/C16H16N2OS2/c1-9-8-11-4-3-5-12(15(11)20-9)13-14(10(2)19)21-16-17-6-7-18(13)16/h3-5,8,10,19H,6-7H2,1-2H3. The number of thiophene rings is 1. The molecule has 21 heavy (non-hydrogen) atoms. The molecule has 0 radical (unpaired) electrons. The predicted octanol–water partition coefficient (Wildman–Crippen LogP) is 3.68. The lowest BCUT2D eigenvalue weighted by molar-refractivity contribution is 0.240. The van der Waals surface area contributed by atoms with Gasteiger partial charge in [0.15, 0.2) is 5.17 Å². The van der Waals surface area contributed by atoms with E-state index in [1.54, 1.807) is 11.8 Å². The van der Waals surface area contributed by atoms with E-state index in [4.69, 9.17) is 0 Å². The largest absolute Gasteiger partial charge is 0.388 e. The van der Waals surface area contributed by atoms with Crippen molar-refractivity contribution in [3.8, 4) is 0 Å². The molecule has 108 valence electrons. The number of aliphatic imine (C=N–C) groups is 1. The summed E-state index contributed by atoms with van der Waals surface area (Å²) in [6.45, 7) is 5.74. The quantitative estimate of drug-likeness (QED) is 0.918. The Labute approximate surface area is 132 Å². The van der Waals surface area contributed by atoms with Crippen LogP contribution in [-0.2, 0) is 0 Å². The Kier molecular flexibility index (Phi) is 3.10. The molecule has 0 fully saturated rings. The van der Waals surface area contributed by atoms with Crippen molar-refractivity contribution >= 4 is 44.0 Å². The van der Waals surface area contributed by atoms with E-state index in [2.05, 4.69) is 41.1 Å². The second-order valence-corrected chi connectivity index (χ2v) is 7.65. The van der Waals surface area contributed by atoms with Crippen molar-refractivity contribution in [1.82, 2.24) is 4.90 Å². The summed E-state index contributed by atoms with van der Waals surface area (Å²) in [4.78, 5) is 9.15. The summed E-state index contributed by atoms with van der Waals surface area (Å²) in [5, 5.41) is 12.5. The van der Waals surface area contributed by atoms with E-state index in [-0.39, 0.29) is 0 Å². The Bertz CT molecular complexity index is 789. The number of benzene rings is 1. The van der Waals surface area contributed by atoms with Crippen LogP contribution in [0.4, 0.5) is 0 Å². The first-order chi connectivity index (χ1) is 10.1. The molecule has 2 aliphatic rings. The smallest absolute Gasteiger partial charge is 0.168 e. The first-order valence-electron chi connectivity index (χ1n) is 7.07. The molecule has 0 bridgehead atoms. The predicted molar refractivity (Wildman–Crippen MR) is 91.8 cm³/mol. The Morgan fingerprint density at radius 2 is 2.24 bits per heavy atom. The summed E-state index contributed by atoms with van der Waals surface area (Å²) >= 11 is 3.44. The van der Waals surface area contributed by atoms with Gasteiger partial charge in [-0.05, 0) is 25.3 Å². The van der Waals surface area contributed by atoms with Crippen molar-refractivity contribution in [2.45, 2.75) is 20.0 Å². The minimum atomic E-state index is -0.463. The lowest BCUT2D eigenvalue weighted by Crippen LogP contribution is -2.20. The van der Waals surface area contributed by atoms with Crippen LogP contribution in [0, 0.1) is 6.92 Å². The molecule has 2 aliphatic heterocycles. The molecule has 1 aromatic carbocycles. The molecule has 5 heteroatoms. The van der Waals surface area contributed by atoms with Gasteiger partial charge in [0.1, 0.15) is 0 Å². The number of thioether (sulfide) groups is 1. The van der Waals surface area contributed by atoms with Gasteiger partial charge in [0, 0.05) is 26.6 Å². The van der Waals surface area contributed by atoms with Gasteiger partial charge in [-0.1, -0.05) is 30.0 Å². The molecule has 2 aromatic rings. The van der Waals surface area contributed by atoms with Gasteiger partial charge in [-0.15, -0.1) is 11.3 Å². The summed E-state index contributed by atoms with van der Waals surface area (Å²) in [6, 6.07) is 8.66. The fourth-order valence-electron chi connectivity index (χ4n) is 2.94. The Hall–Kier alpha value is -1.30. The van der Waals surface area contributed by atoms with Gasteiger partial charge in [0.2, 0.25) is 0 Å². The zero-order valence-corrected chi connectivity index (χ0v) is 13.6. The van der Waals surface area contributed by atoms with E-state index in [0.29, 0.717) is 0 Å². The molecule has 3 nitrogen and oxygen atoms in total. The van der Waals surface area contributed by atoms with Gasteiger partial charge in [-0.25, -0.2) is 0 Å². The van der Waals surface area contributed by atoms with Gasteiger partial charge < -0.3 is 10.0 Å². The second kappa shape index (κ2) is 4.87. The van der Waals surface area contributed by atoms with Gasteiger partial charge >= 0.3 is 0 Å². The van der Waals surface area contributed by atoms with Crippen LogP contribution in [-0.4, -0.2) is 34.4 Å². The second-order valence-electron chi connectivity index (χ2n) is 5.39. The highest BCUT2D eigenvalue weighted by atomic mass is 32.2. The van der Waals surface area contributed by atoms with E-state index in [1.807, 2.05) is 18.3 Å². The maximum absolute atomic E-state index is 10.2. The number of hydrogen-bond donors (Lipinski definition) is 1. The maximum Gasteiger partial charge on any atom is 0.168 e. The molecule has 3 heterocycles. The Balaban J connectivity index is 1.96. The van der Waals surface area contributed by atoms with Crippen molar-refractivity contribution in [1.29, 1.82) is 0 Å². The number of aliphatic hydroxyl groups is 1. The van der Waals surface area contributed by atoms with E-state index >= 15 is 0 Å². The van der Waals surface area contributed by atoms with Gasteiger partial charge in [-0.2, -0.15) is 0 Å². The first-order valence-corrected chi connectivity index (χ1v) is 8.70. The minimum Gasteiger partial charge on any atom is -0.388 e. The number of aliphatic hydroxyl groups excluding tert-OH is 1. The van der Waals surface area contributed by atoms with Gasteiger partial charge in [0.25, 0.3) is 0 Å². The topological polar surface area (TPSA) is 35.8 Å². The number of fused-ring (bicyclic) bond motifs is 2. The summed E-state index contributed by atoms with van der Waals surface area (Å²) < 4.78 is 1.30. The van der Waals surface area contributed by atoms with Crippen molar-refractivity contribution in [3.63, 3.8) is 0 Å². The van der Waals surface area contributed by atoms with Crippen LogP contribution >= 0.6 is 23.1 Å². The van der Waals surface area contributed by atoms with Crippen LogP contribution in [0.15, 0.2) is 34.2 Å². The highest BCUT2D eigenvalue weighted by Crippen LogP contribution is 2.45. The average molecular weight is 316 g/mol.